The van der Waals surface area contributed by atoms with E-state index < -0.39 is 6.10 Å². The summed E-state index contributed by atoms with van der Waals surface area (Å²) in [5.74, 6) is 2.87. The molecule has 2 atom stereocenters. The van der Waals surface area contributed by atoms with E-state index in [1.165, 1.54) is 5.56 Å². The molecule has 0 radical (unpaired) electrons. The minimum atomic E-state index is -0.527. The van der Waals surface area contributed by atoms with Gasteiger partial charge in [-0.25, -0.2) is 0 Å². The molecular weight excluding hydrogens is 354 g/mol. The van der Waals surface area contributed by atoms with Crippen LogP contribution >= 0.6 is 0 Å². The molecule has 1 saturated heterocycles. The molecular formula is C23H31NO4. The first-order chi connectivity index (χ1) is 13.5. The number of rotatable bonds is 7. The van der Waals surface area contributed by atoms with Gasteiger partial charge in [0.2, 0.25) is 0 Å². The molecule has 3 rings (SSSR count). The molecule has 1 aliphatic heterocycles. The third kappa shape index (κ3) is 4.97. The van der Waals surface area contributed by atoms with Gasteiger partial charge in [0.1, 0.15) is 29.5 Å². The first-order valence-corrected chi connectivity index (χ1v) is 9.88. The van der Waals surface area contributed by atoms with Crippen LogP contribution in [0.25, 0.3) is 0 Å². The summed E-state index contributed by atoms with van der Waals surface area (Å²) >= 11 is 0. The summed E-state index contributed by atoms with van der Waals surface area (Å²) in [6, 6.07) is 14.0. The number of nitrogens with zero attached hydrogens (tertiary/aromatic N) is 1. The van der Waals surface area contributed by atoms with Crippen LogP contribution in [-0.2, 0) is 6.54 Å². The van der Waals surface area contributed by atoms with Gasteiger partial charge in [0.25, 0.3) is 0 Å². The monoisotopic (exact) mass is 385 g/mol. The summed E-state index contributed by atoms with van der Waals surface area (Å²) in [6.45, 7) is 6.49. The van der Waals surface area contributed by atoms with Gasteiger partial charge in [-0.05, 0) is 36.1 Å². The summed E-state index contributed by atoms with van der Waals surface area (Å²) in [4.78, 5) is 2.24. The Hall–Kier alpha value is -2.24. The van der Waals surface area contributed by atoms with Gasteiger partial charge >= 0.3 is 0 Å². The van der Waals surface area contributed by atoms with E-state index >= 15 is 0 Å². The third-order valence-corrected chi connectivity index (χ3v) is 5.30. The molecule has 0 bridgehead atoms. The number of aliphatic hydroxyl groups excluding tert-OH is 1. The second-order valence-corrected chi connectivity index (χ2v) is 7.65. The number of benzene rings is 2. The van der Waals surface area contributed by atoms with Crippen LogP contribution in [0.3, 0.4) is 0 Å². The average molecular weight is 386 g/mol. The first kappa shape index (κ1) is 20.5. The second kappa shape index (κ2) is 9.30. The number of hydrogen-bond acceptors (Lipinski definition) is 5. The fraction of sp³-hybridized carbons (Fsp3) is 0.478. The van der Waals surface area contributed by atoms with E-state index in [-0.39, 0.29) is 6.10 Å². The Morgan fingerprint density at radius 1 is 1.07 bits per heavy atom. The van der Waals surface area contributed by atoms with Crippen molar-refractivity contribution >= 4 is 0 Å². The van der Waals surface area contributed by atoms with Crippen LogP contribution in [0, 0.1) is 0 Å². The van der Waals surface area contributed by atoms with Gasteiger partial charge in [-0.3, -0.25) is 4.90 Å². The summed E-state index contributed by atoms with van der Waals surface area (Å²) in [6.07, 6.45) is 0.0723. The van der Waals surface area contributed by atoms with E-state index in [1.54, 1.807) is 14.2 Å². The van der Waals surface area contributed by atoms with Crippen molar-refractivity contribution in [1.82, 2.24) is 4.90 Å². The van der Waals surface area contributed by atoms with E-state index in [4.69, 9.17) is 14.2 Å². The summed E-state index contributed by atoms with van der Waals surface area (Å²) < 4.78 is 16.9. The highest BCUT2D eigenvalue weighted by Gasteiger charge is 2.29. The smallest absolute Gasteiger partial charge is 0.127 e. The number of likely N-dealkylation sites (tertiary alicyclic amines) is 1. The zero-order valence-electron chi connectivity index (χ0n) is 17.2. The molecule has 0 aliphatic carbocycles. The largest absolute Gasteiger partial charge is 0.497 e. The van der Waals surface area contributed by atoms with Gasteiger partial charge < -0.3 is 19.3 Å². The van der Waals surface area contributed by atoms with E-state index in [0.717, 1.165) is 42.3 Å². The number of β-amino-alcohol motifs (C(OH)–C–C–N with tert-alkyl or cyclic N) is 1. The lowest BCUT2D eigenvalue weighted by Crippen LogP contribution is -2.48. The maximum Gasteiger partial charge on any atom is 0.127 e. The van der Waals surface area contributed by atoms with Crippen LogP contribution in [0.15, 0.2) is 42.5 Å². The summed E-state index contributed by atoms with van der Waals surface area (Å²) in [5, 5.41) is 10.6. The van der Waals surface area contributed by atoms with Gasteiger partial charge in [0.15, 0.2) is 0 Å². The number of piperidine rings is 1. The topological polar surface area (TPSA) is 51.2 Å². The zero-order valence-corrected chi connectivity index (χ0v) is 17.2. The molecule has 1 fully saturated rings. The Bertz CT molecular complexity index is 777. The van der Waals surface area contributed by atoms with E-state index in [0.29, 0.717) is 12.5 Å². The molecule has 0 aromatic heterocycles. The van der Waals surface area contributed by atoms with Crippen molar-refractivity contribution < 1.29 is 19.3 Å². The van der Waals surface area contributed by atoms with Crippen LogP contribution in [-0.4, -0.2) is 49.5 Å². The Balaban J connectivity index is 1.60. The molecule has 0 spiro atoms. The standard InChI is InChI=1S/C23H31NO4/c1-16(2)17-6-5-7-20(12-17)28-22-10-11-24(15-21(22)25)14-18-8-9-19(26-3)13-23(18)27-4/h5-9,12-13,16,21-22,25H,10-11,14-15H2,1-4H3/t21-,22-/m1/s1. The van der Waals surface area contributed by atoms with Crippen molar-refractivity contribution in [3.8, 4) is 17.2 Å². The summed E-state index contributed by atoms with van der Waals surface area (Å²) in [5.41, 5.74) is 2.33. The van der Waals surface area contributed by atoms with Crippen molar-refractivity contribution in [2.45, 2.75) is 44.9 Å². The van der Waals surface area contributed by atoms with E-state index in [9.17, 15) is 5.11 Å². The van der Waals surface area contributed by atoms with E-state index in [1.807, 2.05) is 30.3 Å². The lowest BCUT2D eigenvalue weighted by atomic mass is 10.0. The highest BCUT2D eigenvalue weighted by molar-refractivity contribution is 5.40. The number of hydrogen-bond donors (Lipinski definition) is 1. The van der Waals surface area contributed by atoms with Crippen LogP contribution in [0.1, 0.15) is 37.3 Å². The van der Waals surface area contributed by atoms with Gasteiger partial charge in [-0.2, -0.15) is 0 Å². The van der Waals surface area contributed by atoms with Crippen LogP contribution in [0.5, 0.6) is 17.2 Å². The minimum absolute atomic E-state index is 0.184. The molecule has 1 N–H and O–H groups in total. The van der Waals surface area contributed by atoms with Gasteiger partial charge in [-0.15, -0.1) is 0 Å². The highest BCUT2D eigenvalue weighted by atomic mass is 16.5. The SMILES string of the molecule is COc1ccc(CN2CC[C@@H](Oc3cccc(C(C)C)c3)[C@H](O)C2)c(OC)c1. The quantitative estimate of drug-likeness (QED) is 0.785. The van der Waals surface area contributed by atoms with Crippen LogP contribution in [0.4, 0.5) is 0 Å². The van der Waals surface area contributed by atoms with Crippen molar-refractivity contribution in [2.24, 2.45) is 0 Å². The fourth-order valence-electron chi connectivity index (χ4n) is 3.60. The Morgan fingerprint density at radius 2 is 1.89 bits per heavy atom. The lowest BCUT2D eigenvalue weighted by molar-refractivity contribution is -0.0276. The maximum absolute atomic E-state index is 10.6. The predicted octanol–water partition coefficient (Wildman–Crippen LogP) is 3.84. The average Bonchev–Trinajstić information content (AvgIpc) is 2.70. The molecule has 2 aromatic rings. The molecule has 0 unspecified atom stereocenters. The number of methoxy groups -OCH3 is 2. The zero-order chi connectivity index (χ0) is 20.1. The Morgan fingerprint density at radius 3 is 2.57 bits per heavy atom. The number of ether oxygens (including phenoxy) is 3. The van der Waals surface area contributed by atoms with Crippen molar-refractivity contribution in [3.63, 3.8) is 0 Å². The Labute approximate surface area is 167 Å². The van der Waals surface area contributed by atoms with Crippen molar-refractivity contribution in [3.05, 3.63) is 53.6 Å². The highest BCUT2D eigenvalue weighted by Crippen LogP contribution is 2.28. The molecule has 5 nitrogen and oxygen atoms in total. The van der Waals surface area contributed by atoms with Crippen LogP contribution in [0.2, 0.25) is 0 Å². The van der Waals surface area contributed by atoms with Gasteiger partial charge in [-0.1, -0.05) is 32.0 Å². The predicted molar refractivity (Wildman–Crippen MR) is 110 cm³/mol. The van der Waals surface area contributed by atoms with Crippen LogP contribution < -0.4 is 14.2 Å². The molecule has 0 saturated carbocycles. The number of aliphatic hydroxyl groups is 1. The molecule has 152 valence electrons. The molecule has 2 aromatic carbocycles. The van der Waals surface area contributed by atoms with Gasteiger partial charge in [0.05, 0.1) is 14.2 Å². The van der Waals surface area contributed by atoms with E-state index in [2.05, 4.69) is 30.9 Å². The summed E-state index contributed by atoms with van der Waals surface area (Å²) in [7, 11) is 3.31. The second-order valence-electron chi connectivity index (χ2n) is 7.65. The normalized spacial score (nSPS) is 20.2. The Kier molecular flexibility index (Phi) is 6.81. The van der Waals surface area contributed by atoms with Crippen molar-refractivity contribution in [2.75, 3.05) is 27.3 Å². The fourth-order valence-corrected chi connectivity index (χ4v) is 3.60. The molecule has 1 aliphatic rings. The third-order valence-electron chi connectivity index (χ3n) is 5.30. The first-order valence-electron chi connectivity index (χ1n) is 9.88. The molecule has 28 heavy (non-hydrogen) atoms. The van der Waals surface area contributed by atoms with Crippen molar-refractivity contribution in [1.29, 1.82) is 0 Å². The maximum atomic E-state index is 10.6. The molecule has 5 heteroatoms. The van der Waals surface area contributed by atoms with Gasteiger partial charge in [0, 0.05) is 31.3 Å². The lowest BCUT2D eigenvalue weighted by Gasteiger charge is -2.36. The minimum Gasteiger partial charge on any atom is -0.497 e. The molecule has 1 heterocycles. The molecule has 0 amide bonds.